The minimum Gasteiger partial charge on any atom is -0.478 e. The second kappa shape index (κ2) is 7.92. The van der Waals surface area contributed by atoms with Gasteiger partial charge in [-0.1, -0.05) is 36.4 Å². The lowest BCUT2D eigenvalue weighted by atomic mass is 10.1. The van der Waals surface area contributed by atoms with E-state index in [2.05, 4.69) is 5.10 Å². The Hall–Kier alpha value is -3.17. The molecule has 2 aromatic carbocycles. The van der Waals surface area contributed by atoms with Crippen LogP contribution in [-0.4, -0.2) is 27.5 Å². The fourth-order valence-electron chi connectivity index (χ4n) is 3.38. The number of ether oxygens (including phenoxy) is 2. The van der Waals surface area contributed by atoms with Gasteiger partial charge in [-0.3, -0.25) is 0 Å². The molecule has 9 heteroatoms. The van der Waals surface area contributed by atoms with E-state index in [-0.39, 0.29) is 42.3 Å². The molecule has 4 rings (SSSR count). The number of aromatic nitrogens is 2. The number of fused-ring (bicyclic) bond motifs is 1. The minimum atomic E-state index is -4.69. The molecule has 0 amide bonds. The van der Waals surface area contributed by atoms with E-state index in [4.69, 9.17) is 9.47 Å². The third-order valence-corrected chi connectivity index (χ3v) is 4.74. The molecule has 1 aromatic heterocycles. The summed E-state index contributed by atoms with van der Waals surface area (Å²) in [7, 11) is 0. The van der Waals surface area contributed by atoms with Crippen molar-refractivity contribution in [2.45, 2.75) is 25.5 Å². The highest BCUT2D eigenvalue weighted by molar-refractivity contribution is 5.88. The van der Waals surface area contributed by atoms with Crippen LogP contribution in [0.2, 0.25) is 0 Å². The summed E-state index contributed by atoms with van der Waals surface area (Å²) >= 11 is 0. The molecule has 1 aliphatic heterocycles. The lowest BCUT2D eigenvalue weighted by molar-refractivity contribution is -0.143. The number of nitrogens with zero attached hydrogens (tertiary/aromatic N) is 2. The van der Waals surface area contributed by atoms with E-state index >= 15 is 0 Å². The lowest BCUT2D eigenvalue weighted by Crippen LogP contribution is -2.22. The Morgan fingerprint density at radius 1 is 1.20 bits per heavy atom. The molecule has 0 bridgehead atoms. The Kier molecular flexibility index (Phi) is 5.31. The van der Waals surface area contributed by atoms with E-state index in [9.17, 15) is 23.1 Å². The Balaban J connectivity index is 1.78. The van der Waals surface area contributed by atoms with E-state index < -0.39 is 23.9 Å². The summed E-state index contributed by atoms with van der Waals surface area (Å²) < 4.78 is 53.2. The van der Waals surface area contributed by atoms with Crippen molar-refractivity contribution < 1.29 is 32.5 Å². The molecule has 1 atom stereocenters. The van der Waals surface area contributed by atoms with E-state index in [1.54, 1.807) is 0 Å². The van der Waals surface area contributed by atoms with Crippen molar-refractivity contribution in [1.29, 1.82) is 0 Å². The number of halogens is 3. The van der Waals surface area contributed by atoms with Gasteiger partial charge >= 0.3 is 12.1 Å². The molecule has 2 heterocycles. The summed E-state index contributed by atoms with van der Waals surface area (Å²) in [6, 6.07) is 14.8. The van der Waals surface area contributed by atoms with Gasteiger partial charge in [-0.2, -0.15) is 18.3 Å². The molecule has 0 spiro atoms. The monoisotopic (exact) mass is 418 g/mol. The van der Waals surface area contributed by atoms with Gasteiger partial charge < -0.3 is 14.6 Å². The second-order valence-corrected chi connectivity index (χ2v) is 6.78. The Bertz CT molecular complexity index is 1060. The first-order valence-corrected chi connectivity index (χ1v) is 9.10. The van der Waals surface area contributed by atoms with Gasteiger partial charge in [0.15, 0.2) is 5.69 Å². The molecule has 156 valence electrons. The van der Waals surface area contributed by atoms with Crippen LogP contribution in [0.25, 0.3) is 5.69 Å². The summed E-state index contributed by atoms with van der Waals surface area (Å²) in [5, 5.41) is 13.0. The van der Waals surface area contributed by atoms with Crippen molar-refractivity contribution in [2.75, 3.05) is 6.61 Å². The maximum atomic E-state index is 13.6. The summed E-state index contributed by atoms with van der Waals surface area (Å²) in [5.74, 6) is -1.19. The molecule has 0 saturated heterocycles. The van der Waals surface area contributed by atoms with Crippen molar-refractivity contribution >= 4 is 5.97 Å². The molecule has 30 heavy (non-hydrogen) atoms. The van der Waals surface area contributed by atoms with Crippen molar-refractivity contribution in [1.82, 2.24) is 9.78 Å². The molecule has 0 saturated carbocycles. The quantitative estimate of drug-likeness (QED) is 0.666. The third-order valence-electron chi connectivity index (χ3n) is 4.74. The van der Waals surface area contributed by atoms with Crippen LogP contribution >= 0.6 is 0 Å². The second-order valence-electron chi connectivity index (χ2n) is 6.78. The van der Waals surface area contributed by atoms with Crippen LogP contribution in [-0.2, 0) is 28.9 Å². The van der Waals surface area contributed by atoms with Crippen LogP contribution in [0.15, 0.2) is 54.6 Å². The first-order chi connectivity index (χ1) is 14.3. The third kappa shape index (κ3) is 3.94. The predicted molar refractivity (Wildman–Crippen MR) is 99.2 cm³/mol. The zero-order chi connectivity index (χ0) is 21.3. The number of carbonyl (C=O) groups is 1. The number of carboxylic acid groups (broad SMARTS) is 1. The maximum Gasteiger partial charge on any atom is 0.435 e. The van der Waals surface area contributed by atoms with Crippen molar-refractivity contribution in [3.8, 4) is 5.69 Å². The van der Waals surface area contributed by atoms with Gasteiger partial charge in [-0.15, -0.1) is 0 Å². The number of hydrogen-bond donors (Lipinski definition) is 1. The molecule has 1 aliphatic rings. The molecule has 0 aliphatic carbocycles. The molecule has 1 unspecified atom stereocenters. The lowest BCUT2D eigenvalue weighted by Gasteiger charge is -2.25. The zero-order valence-corrected chi connectivity index (χ0v) is 15.6. The Labute approximate surface area is 169 Å². The fraction of sp³-hybridized carbons (Fsp3) is 0.238. The zero-order valence-electron chi connectivity index (χ0n) is 15.6. The van der Waals surface area contributed by atoms with Crippen molar-refractivity contribution in [3.63, 3.8) is 0 Å². The number of carboxylic acids is 1. The summed E-state index contributed by atoms with van der Waals surface area (Å²) in [6.07, 6.45) is -5.49. The molecule has 0 fully saturated rings. The number of hydrogen-bond acceptors (Lipinski definition) is 4. The maximum absolute atomic E-state index is 13.6. The predicted octanol–water partition coefficient (Wildman–Crippen LogP) is 4.38. The molecule has 1 N–H and O–H groups in total. The van der Waals surface area contributed by atoms with E-state index in [1.807, 2.05) is 30.3 Å². The summed E-state index contributed by atoms with van der Waals surface area (Å²) in [5.41, 5.74) is 0.0569. The Morgan fingerprint density at radius 2 is 1.97 bits per heavy atom. The summed E-state index contributed by atoms with van der Waals surface area (Å²) in [4.78, 5) is 11.3. The highest BCUT2D eigenvalue weighted by Gasteiger charge is 2.42. The number of alkyl halides is 3. The van der Waals surface area contributed by atoms with Crippen LogP contribution in [0, 0.1) is 0 Å². The number of rotatable bonds is 5. The van der Waals surface area contributed by atoms with E-state index in [0.717, 1.165) is 10.2 Å². The highest BCUT2D eigenvalue weighted by Crippen LogP contribution is 2.39. The number of aromatic carboxylic acids is 1. The van der Waals surface area contributed by atoms with Gasteiger partial charge in [-0.05, 0) is 23.8 Å². The Morgan fingerprint density at radius 3 is 2.67 bits per heavy atom. The van der Waals surface area contributed by atoms with Crippen LogP contribution in [0.3, 0.4) is 0 Å². The fourth-order valence-corrected chi connectivity index (χ4v) is 3.38. The molecule has 6 nitrogen and oxygen atoms in total. The minimum absolute atomic E-state index is 0.0564. The van der Waals surface area contributed by atoms with Gasteiger partial charge in [0.1, 0.15) is 6.10 Å². The van der Waals surface area contributed by atoms with Gasteiger partial charge in [0, 0.05) is 5.56 Å². The summed E-state index contributed by atoms with van der Waals surface area (Å²) in [6.45, 7) is -0.0224. The molecule has 0 radical (unpaired) electrons. The van der Waals surface area contributed by atoms with Crippen LogP contribution in [0.4, 0.5) is 13.2 Å². The van der Waals surface area contributed by atoms with E-state index in [1.165, 1.54) is 24.3 Å². The standard InChI is InChI=1S/C21H17F3N2O4/c22-21(23,24)19-16-11-29-12-17(30-10-13-5-2-1-3-6-13)18(16)26(25-19)15-8-4-7-14(9-15)20(27)28/h1-9,17H,10-12H2,(H,27,28). The first kappa shape index (κ1) is 20.1. The highest BCUT2D eigenvalue weighted by atomic mass is 19.4. The van der Waals surface area contributed by atoms with Gasteiger partial charge in [0.05, 0.1) is 36.8 Å². The smallest absolute Gasteiger partial charge is 0.435 e. The van der Waals surface area contributed by atoms with Gasteiger partial charge in [-0.25, -0.2) is 9.48 Å². The first-order valence-electron chi connectivity index (χ1n) is 9.10. The van der Waals surface area contributed by atoms with Crippen LogP contribution < -0.4 is 0 Å². The van der Waals surface area contributed by atoms with E-state index in [0.29, 0.717) is 0 Å². The largest absolute Gasteiger partial charge is 0.478 e. The average molecular weight is 418 g/mol. The van der Waals surface area contributed by atoms with Gasteiger partial charge in [0.25, 0.3) is 0 Å². The van der Waals surface area contributed by atoms with Crippen molar-refractivity contribution in [2.24, 2.45) is 0 Å². The molecule has 3 aromatic rings. The number of benzene rings is 2. The average Bonchev–Trinajstić information content (AvgIpc) is 3.14. The SMILES string of the molecule is O=C(O)c1cccc(-n2nc(C(F)(F)F)c3c2C(OCc2ccccc2)COC3)c1. The molecular weight excluding hydrogens is 401 g/mol. The van der Waals surface area contributed by atoms with Crippen molar-refractivity contribution in [3.05, 3.63) is 82.7 Å². The molecular formula is C21H17F3N2O4. The topological polar surface area (TPSA) is 73.6 Å². The van der Waals surface area contributed by atoms with Gasteiger partial charge in [0.2, 0.25) is 0 Å². The van der Waals surface area contributed by atoms with Crippen LogP contribution in [0.5, 0.6) is 0 Å². The van der Waals surface area contributed by atoms with Crippen LogP contribution in [0.1, 0.15) is 39.0 Å². The normalized spacial score (nSPS) is 16.3.